The Labute approximate surface area is 122 Å². The molecule has 0 bridgehead atoms. The van der Waals surface area contributed by atoms with Crippen molar-refractivity contribution in [2.45, 2.75) is 25.5 Å². The Morgan fingerprint density at radius 2 is 2.30 bits per heavy atom. The summed E-state index contributed by atoms with van der Waals surface area (Å²) in [4.78, 5) is 24.9. The van der Waals surface area contributed by atoms with Crippen LogP contribution in [0.1, 0.15) is 24.9 Å². The highest BCUT2D eigenvalue weighted by atomic mass is 35.5. The van der Waals surface area contributed by atoms with Crippen LogP contribution in [0, 0.1) is 0 Å². The number of hydrogen-bond acceptors (Lipinski definition) is 3. The molecule has 0 radical (unpaired) electrons. The summed E-state index contributed by atoms with van der Waals surface area (Å²) >= 11 is 5.96. The minimum absolute atomic E-state index is 0.200. The van der Waals surface area contributed by atoms with Crippen molar-refractivity contribution in [2.75, 3.05) is 13.2 Å². The maximum atomic E-state index is 12.0. The highest BCUT2D eigenvalue weighted by molar-refractivity contribution is 6.30. The normalized spacial score (nSPS) is 22.9. The molecule has 1 aliphatic rings. The lowest BCUT2D eigenvalue weighted by molar-refractivity contribution is -0.173. The Kier molecular flexibility index (Phi) is 4.62. The zero-order valence-corrected chi connectivity index (χ0v) is 11.8. The molecule has 1 heterocycles. The summed E-state index contributed by atoms with van der Waals surface area (Å²) < 4.78 is 5.20. The Bertz CT molecular complexity index is 520. The quantitative estimate of drug-likeness (QED) is 0.924. The van der Waals surface area contributed by atoms with Crippen molar-refractivity contribution in [1.82, 2.24) is 4.90 Å². The summed E-state index contributed by atoms with van der Waals surface area (Å²) in [5.74, 6) is -1.28. The first kappa shape index (κ1) is 14.8. The average Bonchev–Trinajstić information content (AvgIpc) is 2.40. The summed E-state index contributed by atoms with van der Waals surface area (Å²) in [7, 11) is 0. The van der Waals surface area contributed by atoms with Gasteiger partial charge in [0.15, 0.2) is 6.10 Å². The number of benzene rings is 1. The first-order valence-electron chi connectivity index (χ1n) is 6.44. The number of rotatable bonds is 4. The predicted molar refractivity (Wildman–Crippen MR) is 73.6 cm³/mol. The van der Waals surface area contributed by atoms with E-state index in [4.69, 9.17) is 16.3 Å². The van der Waals surface area contributed by atoms with Crippen LogP contribution >= 0.6 is 11.6 Å². The maximum Gasteiger partial charge on any atom is 0.335 e. The van der Waals surface area contributed by atoms with E-state index in [9.17, 15) is 14.7 Å². The smallest absolute Gasteiger partial charge is 0.335 e. The number of carboxylic acid groups (broad SMARTS) is 1. The number of morpholine rings is 1. The molecule has 0 aromatic heterocycles. The molecule has 1 N–H and O–H groups in total. The Morgan fingerprint density at radius 1 is 1.55 bits per heavy atom. The average molecular weight is 298 g/mol. The third kappa shape index (κ3) is 2.94. The lowest BCUT2D eigenvalue weighted by atomic mass is 9.97. The number of halogens is 1. The van der Waals surface area contributed by atoms with Crippen LogP contribution in [0.5, 0.6) is 0 Å². The minimum Gasteiger partial charge on any atom is -0.479 e. The van der Waals surface area contributed by atoms with Gasteiger partial charge in [0.1, 0.15) is 6.61 Å². The molecule has 0 spiro atoms. The number of nitrogens with zero attached hydrogens (tertiary/aromatic N) is 1. The van der Waals surface area contributed by atoms with Gasteiger partial charge in [-0.05, 0) is 24.1 Å². The minimum atomic E-state index is -1.08. The lowest BCUT2D eigenvalue weighted by Gasteiger charge is -2.39. The molecule has 1 aliphatic heterocycles. The van der Waals surface area contributed by atoms with Crippen LogP contribution in [0.2, 0.25) is 5.02 Å². The monoisotopic (exact) mass is 297 g/mol. The number of carbonyl (C=O) groups is 2. The molecule has 2 unspecified atom stereocenters. The second kappa shape index (κ2) is 6.24. The van der Waals surface area contributed by atoms with Crippen molar-refractivity contribution >= 4 is 23.5 Å². The highest BCUT2D eigenvalue weighted by Crippen LogP contribution is 2.31. The SMILES string of the molecule is CCCN1C(=O)COC(C(=O)O)C1c1cccc(Cl)c1. The molecule has 0 aliphatic carbocycles. The summed E-state index contributed by atoms with van der Waals surface area (Å²) in [5, 5.41) is 9.82. The predicted octanol–water partition coefficient (Wildman–Crippen LogP) is 2.10. The van der Waals surface area contributed by atoms with E-state index in [1.54, 1.807) is 29.2 Å². The first-order chi connectivity index (χ1) is 9.54. The van der Waals surface area contributed by atoms with Crippen LogP contribution in [0.3, 0.4) is 0 Å². The molecule has 1 saturated heterocycles. The van der Waals surface area contributed by atoms with Gasteiger partial charge in [-0.1, -0.05) is 30.7 Å². The van der Waals surface area contributed by atoms with Gasteiger partial charge >= 0.3 is 5.97 Å². The molecule has 1 amide bonds. The van der Waals surface area contributed by atoms with Gasteiger partial charge in [-0.3, -0.25) is 4.79 Å². The third-order valence-corrected chi connectivity index (χ3v) is 3.46. The van der Waals surface area contributed by atoms with Gasteiger partial charge < -0.3 is 14.7 Å². The Hall–Kier alpha value is -1.59. The van der Waals surface area contributed by atoms with Crippen molar-refractivity contribution < 1.29 is 19.4 Å². The van der Waals surface area contributed by atoms with Crippen LogP contribution < -0.4 is 0 Å². The molecule has 2 rings (SSSR count). The zero-order chi connectivity index (χ0) is 14.7. The first-order valence-corrected chi connectivity index (χ1v) is 6.81. The Balaban J connectivity index is 2.42. The van der Waals surface area contributed by atoms with E-state index in [1.165, 1.54) is 0 Å². The molecule has 1 aromatic carbocycles. The van der Waals surface area contributed by atoms with Crippen LogP contribution in [-0.2, 0) is 14.3 Å². The molecule has 2 atom stereocenters. The summed E-state index contributed by atoms with van der Waals surface area (Å²) in [6.07, 6.45) is -0.326. The van der Waals surface area contributed by atoms with Crippen LogP contribution in [-0.4, -0.2) is 41.1 Å². The molecule has 6 heteroatoms. The van der Waals surface area contributed by atoms with E-state index in [0.29, 0.717) is 17.1 Å². The van der Waals surface area contributed by atoms with Gasteiger partial charge in [0.25, 0.3) is 0 Å². The van der Waals surface area contributed by atoms with E-state index in [0.717, 1.165) is 6.42 Å². The third-order valence-electron chi connectivity index (χ3n) is 3.23. The standard InChI is InChI=1S/C14H16ClNO4/c1-2-6-16-11(17)8-20-13(14(18)19)12(16)9-4-3-5-10(15)7-9/h3-5,7,12-13H,2,6,8H2,1H3,(H,18,19). The van der Waals surface area contributed by atoms with Gasteiger partial charge in [-0.15, -0.1) is 0 Å². The fourth-order valence-corrected chi connectivity index (χ4v) is 2.61. The summed E-state index contributed by atoms with van der Waals surface area (Å²) in [5.41, 5.74) is 0.673. The number of carbonyl (C=O) groups excluding carboxylic acids is 1. The van der Waals surface area contributed by atoms with E-state index in [-0.39, 0.29) is 12.5 Å². The summed E-state index contributed by atoms with van der Waals surface area (Å²) in [6.45, 7) is 2.23. The van der Waals surface area contributed by atoms with Gasteiger partial charge in [0.2, 0.25) is 5.91 Å². The number of aliphatic carboxylic acids is 1. The van der Waals surface area contributed by atoms with Gasteiger partial charge in [-0.2, -0.15) is 0 Å². The van der Waals surface area contributed by atoms with E-state index < -0.39 is 18.1 Å². The summed E-state index contributed by atoms with van der Waals surface area (Å²) in [6, 6.07) is 6.23. The van der Waals surface area contributed by atoms with Crippen LogP contribution in [0.15, 0.2) is 24.3 Å². The molecule has 1 aromatic rings. The lowest BCUT2D eigenvalue weighted by Crippen LogP contribution is -2.52. The highest BCUT2D eigenvalue weighted by Gasteiger charge is 2.41. The fourth-order valence-electron chi connectivity index (χ4n) is 2.41. The molecule has 20 heavy (non-hydrogen) atoms. The van der Waals surface area contributed by atoms with Crippen molar-refractivity contribution in [3.63, 3.8) is 0 Å². The molecular weight excluding hydrogens is 282 g/mol. The number of ether oxygens (including phenoxy) is 1. The Morgan fingerprint density at radius 3 is 2.90 bits per heavy atom. The van der Waals surface area contributed by atoms with Gasteiger partial charge in [-0.25, -0.2) is 4.79 Å². The maximum absolute atomic E-state index is 12.0. The number of amides is 1. The largest absolute Gasteiger partial charge is 0.479 e. The molecule has 1 fully saturated rings. The number of hydrogen-bond donors (Lipinski definition) is 1. The van der Waals surface area contributed by atoms with Gasteiger partial charge in [0.05, 0.1) is 6.04 Å². The molecule has 108 valence electrons. The van der Waals surface area contributed by atoms with Gasteiger partial charge in [0, 0.05) is 11.6 Å². The second-order valence-corrected chi connectivity index (χ2v) is 5.09. The van der Waals surface area contributed by atoms with Crippen molar-refractivity contribution in [3.8, 4) is 0 Å². The van der Waals surface area contributed by atoms with E-state index in [1.807, 2.05) is 6.92 Å². The van der Waals surface area contributed by atoms with E-state index in [2.05, 4.69) is 0 Å². The van der Waals surface area contributed by atoms with Crippen LogP contribution in [0.25, 0.3) is 0 Å². The van der Waals surface area contributed by atoms with Crippen molar-refractivity contribution in [1.29, 1.82) is 0 Å². The number of carboxylic acids is 1. The fraction of sp³-hybridized carbons (Fsp3) is 0.429. The zero-order valence-electron chi connectivity index (χ0n) is 11.1. The molecule has 5 nitrogen and oxygen atoms in total. The van der Waals surface area contributed by atoms with E-state index >= 15 is 0 Å². The van der Waals surface area contributed by atoms with Crippen molar-refractivity contribution in [3.05, 3.63) is 34.9 Å². The molecule has 0 saturated carbocycles. The van der Waals surface area contributed by atoms with Crippen molar-refractivity contribution in [2.24, 2.45) is 0 Å². The topological polar surface area (TPSA) is 66.8 Å². The van der Waals surface area contributed by atoms with Crippen LogP contribution in [0.4, 0.5) is 0 Å². The molecular formula is C14H16ClNO4. The second-order valence-electron chi connectivity index (χ2n) is 4.66.